The second-order valence-electron chi connectivity index (χ2n) is 8.92. The molecule has 0 aliphatic rings. The van der Waals surface area contributed by atoms with Gasteiger partial charge >= 0.3 is 0 Å². The van der Waals surface area contributed by atoms with E-state index in [4.69, 9.17) is 9.52 Å². The number of hydrogen-bond donors (Lipinski definition) is 1. The van der Waals surface area contributed by atoms with Crippen LogP contribution in [-0.2, 0) is 23.2 Å². The molecular formula is C20H31BrN2O2Si. The molecule has 1 heterocycles. The van der Waals surface area contributed by atoms with E-state index < -0.39 is 13.9 Å². The van der Waals surface area contributed by atoms with Gasteiger partial charge in [0, 0.05) is 4.47 Å². The molecule has 0 bridgehead atoms. The zero-order valence-corrected chi connectivity index (χ0v) is 19.5. The summed E-state index contributed by atoms with van der Waals surface area (Å²) in [4.78, 5) is 0. The minimum absolute atomic E-state index is 0.158. The molecule has 0 unspecified atom stereocenters. The maximum atomic E-state index is 10.6. The first-order valence-corrected chi connectivity index (χ1v) is 12.7. The molecule has 0 aliphatic heterocycles. The molecule has 26 heavy (non-hydrogen) atoms. The van der Waals surface area contributed by atoms with E-state index >= 15 is 0 Å². The van der Waals surface area contributed by atoms with Crippen LogP contribution in [0.1, 0.15) is 51.6 Å². The monoisotopic (exact) mass is 438 g/mol. The Balaban J connectivity index is 2.26. The van der Waals surface area contributed by atoms with Gasteiger partial charge in [-0.25, -0.2) is 0 Å². The van der Waals surface area contributed by atoms with Crippen molar-refractivity contribution >= 4 is 24.2 Å². The zero-order chi connectivity index (χ0) is 19.8. The van der Waals surface area contributed by atoms with Gasteiger partial charge in [-0.3, -0.25) is 4.68 Å². The summed E-state index contributed by atoms with van der Waals surface area (Å²) in [5.74, 6) is 0. The van der Waals surface area contributed by atoms with Crippen molar-refractivity contribution in [1.29, 1.82) is 0 Å². The van der Waals surface area contributed by atoms with E-state index in [2.05, 4.69) is 61.9 Å². The van der Waals surface area contributed by atoms with Gasteiger partial charge in [-0.15, -0.1) is 0 Å². The van der Waals surface area contributed by atoms with Crippen molar-refractivity contribution in [1.82, 2.24) is 9.78 Å². The summed E-state index contributed by atoms with van der Waals surface area (Å²) in [7, 11) is -1.84. The minimum atomic E-state index is -1.84. The lowest BCUT2D eigenvalue weighted by atomic mass is 10.0. The molecule has 1 aromatic heterocycles. The van der Waals surface area contributed by atoms with Crippen molar-refractivity contribution in [3.8, 4) is 0 Å². The fourth-order valence-corrected chi connectivity index (χ4v) is 3.82. The van der Waals surface area contributed by atoms with Gasteiger partial charge in [-0.1, -0.05) is 48.8 Å². The Morgan fingerprint density at radius 1 is 1.15 bits per heavy atom. The van der Waals surface area contributed by atoms with Gasteiger partial charge in [0.2, 0.25) is 0 Å². The predicted octanol–water partition coefficient (Wildman–Crippen LogP) is 5.44. The molecule has 144 valence electrons. The lowest BCUT2D eigenvalue weighted by Crippen LogP contribution is -2.40. The van der Waals surface area contributed by atoms with E-state index in [0.717, 1.165) is 21.4 Å². The van der Waals surface area contributed by atoms with Crippen molar-refractivity contribution in [2.24, 2.45) is 0 Å². The molecule has 0 atom stereocenters. The van der Waals surface area contributed by atoms with E-state index in [9.17, 15) is 5.11 Å². The molecule has 0 fully saturated rings. The van der Waals surface area contributed by atoms with Crippen molar-refractivity contribution in [3.05, 3.63) is 51.8 Å². The van der Waals surface area contributed by atoms with Gasteiger partial charge in [0.25, 0.3) is 0 Å². The molecule has 0 saturated carbocycles. The average molecular weight is 439 g/mol. The molecule has 6 heteroatoms. The van der Waals surface area contributed by atoms with Crippen LogP contribution in [0.4, 0.5) is 0 Å². The van der Waals surface area contributed by atoms with Crippen LogP contribution in [0, 0.1) is 0 Å². The summed E-state index contributed by atoms with van der Waals surface area (Å²) < 4.78 is 9.22. The first kappa shape index (κ1) is 21.3. The Morgan fingerprint density at radius 3 is 2.35 bits per heavy atom. The maximum absolute atomic E-state index is 10.6. The SMILES string of the molecule is CC(C)(O)c1cc(CO[Si](C)(C)C(C)(C)C)nn1Cc1cccc(Br)c1. The van der Waals surface area contributed by atoms with Gasteiger partial charge in [-0.05, 0) is 55.7 Å². The summed E-state index contributed by atoms with van der Waals surface area (Å²) in [6.45, 7) is 15.8. The Bertz CT molecular complexity index is 758. The fraction of sp³-hybridized carbons (Fsp3) is 0.550. The number of aromatic nitrogens is 2. The zero-order valence-electron chi connectivity index (χ0n) is 16.9. The smallest absolute Gasteiger partial charge is 0.192 e. The Kier molecular flexibility index (Phi) is 6.22. The molecular weight excluding hydrogens is 408 g/mol. The topological polar surface area (TPSA) is 47.3 Å². The number of benzene rings is 1. The van der Waals surface area contributed by atoms with Crippen molar-refractivity contribution in [2.45, 2.75) is 71.5 Å². The van der Waals surface area contributed by atoms with Gasteiger partial charge in [0.15, 0.2) is 8.32 Å². The summed E-state index contributed by atoms with van der Waals surface area (Å²) >= 11 is 3.51. The van der Waals surface area contributed by atoms with Gasteiger partial charge in [0.05, 0.1) is 24.5 Å². The Labute approximate surface area is 166 Å². The first-order valence-electron chi connectivity index (χ1n) is 8.97. The third-order valence-electron chi connectivity index (χ3n) is 5.07. The summed E-state index contributed by atoms with van der Waals surface area (Å²) in [5, 5.41) is 15.5. The lowest BCUT2D eigenvalue weighted by molar-refractivity contribution is 0.0688. The Morgan fingerprint density at radius 2 is 1.81 bits per heavy atom. The number of nitrogens with zero attached hydrogens (tertiary/aromatic N) is 2. The largest absolute Gasteiger partial charge is 0.411 e. The predicted molar refractivity (Wildman–Crippen MR) is 113 cm³/mol. The lowest BCUT2D eigenvalue weighted by Gasteiger charge is -2.35. The normalized spacial score (nSPS) is 13.3. The van der Waals surface area contributed by atoms with Crippen LogP contribution in [0.2, 0.25) is 18.1 Å². The highest BCUT2D eigenvalue weighted by Gasteiger charge is 2.37. The van der Waals surface area contributed by atoms with Crippen molar-refractivity contribution < 1.29 is 9.53 Å². The van der Waals surface area contributed by atoms with Crippen LogP contribution in [0.15, 0.2) is 34.8 Å². The average Bonchev–Trinajstić information content (AvgIpc) is 2.87. The molecule has 2 aromatic rings. The van der Waals surface area contributed by atoms with Crippen LogP contribution in [-0.4, -0.2) is 23.2 Å². The van der Waals surface area contributed by atoms with Crippen molar-refractivity contribution in [2.75, 3.05) is 0 Å². The minimum Gasteiger partial charge on any atom is -0.411 e. The molecule has 0 amide bonds. The van der Waals surface area contributed by atoms with Gasteiger partial charge in [-0.2, -0.15) is 5.10 Å². The molecule has 0 saturated heterocycles. The Hall–Kier alpha value is -0.953. The van der Waals surface area contributed by atoms with Crippen LogP contribution >= 0.6 is 15.9 Å². The van der Waals surface area contributed by atoms with Crippen molar-refractivity contribution in [3.63, 3.8) is 0 Å². The van der Waals surface area contributed by atoms with Crippen LogP contribution in [0.5, 0.6) is 0 Å². The highest BCUT2D eigenvalue weighted by atomic mass is 79.9. The van der Waals surface area contributed by atoms with E-state index in [1.807, 2.05) is 22.9 Å². The van der Waals surface area contributed by atoms with Crippen LogP contribution < -0.4 is 0 Å². The first-order chi connectivity index (χ1) is 11.8. The molecule has 1 N–H and O–H groups in total. The highest BCUT2D eigenvalue weighted by Crippen LogP contribution is 2.37. The van der Waals surface area contributed by atoms with Crippen LogP contribution in [0.25, 0.3) is 0 Å². The standard InChI is InChI=1S/C20H31BrN2O2Si/c1-19(2,3)26(6,7)25-14-17-12-18(20(4,5)24)23(22-17)13-15-9-8-10-16(21)11-15/h8-12,24H,13-14H2,1-7H3. The molecule has 2 rings (SSSR count). The highest BCUT2D eigenvalue weighted by molar-refractivity contribution is 9.10. The molecule has 0 radical (unpaired) electrons. The fourth-order valence-electron chi connectivity index (χ4n) is 2.43. The van der Waals surface area contributed by atoms with E-state index in [-0.39, 0.29) is 5.04 Å². The van der Waals surface area contributed by atoms with E-state index in [0.29, 0.717) is 13.2 Å². The van der Waals surface area contributed by atoms with E-state index in [1.54, 1.807) is 13.8 Å². The quantitative estimate of drug-likeness (QED) is 0.610. The maximum Gasteiger partial charge on any atom is 0.192 e. The van der Waals surface area contributed by atoms with Crippen LogP contribution in [0.3, 0.4) is 0 Å². The molecule has 1 aromatic carbocycles. The summed E-state index contributed by atoms with van der Waals surface area (Å²) in [5.41, 5.74) is 1.83. The van der Waals surface area contributed by atoms with Gasteiger partial charge in [0.1, 0.15) is 5.60 Å². The summed E-state index contributed by atoms with van der Waals surface area (Å²) in [6.07, 6.45) is 0. The molecule has 4 nitrogen and oxygen atoms in total. The number of halogens is 1. The third kappa shape index (κ3) is 5.28. The third-order valence-corrected chi connectivity index (χ3v) is 10.0. The van der Waals surface area contributed by atoms with Gasteiger partial charge < -0.3 is 9.53 Å². The molecule has 0 spiro atoms. The van der Waals surface area contributed by atoms with E-state index in [1.165, 1.54) is 0 Å². The molecule has 0 aliphatic carbocycles. The number of rotatable bonds is 6. The second kappa shape index (κ2) is 7.58. The second-order valence-corrected chi connectivity index (χ2v) is 14.6. The number of aliphatic hydroxyl groups is 1. The number of hydrogen-bond acceptors (Lipinski definition) is 3. The summed E-state index contributed by atoms with van der Waals surface area (Å²) in [6, 6.07) is 10.1.